The molecule has 9 heteroatoms. The Morgan fingerprint density at radius 3 is 2.57 bits per heavy atom. The molecule has 2 heterocycles. The van der Waals surface area contributed by atoms with E-state index >= 15 is 0 Å². The molecule has 1 aromatic heterocycles. The molecule has 0 N–H and O–H groups in total. The zero-order valence-corrected chi connectivity index (χ0v) is 13.5. The number of aromatic nitrogens is 2. The van der Waals surface area contributed by atoms with Gasteiger partial charge < -0.3 is 9.64 Å². The molecule has 8 nitrogen and oxygen atoms in total. The Balaban J connectivity index is 2.14. The summed E-state index contributed by atoms with van der Waals surface area (Å²) in [5, 5.41) is 0. The standard InChI is InChI=1S/C12H21N5O3S/c1-15(2)21(18,19)16(3)10-5-8-17(9-10)11-12(20-4)14-7-6-13-11/h6-7,10H,5,8-9H2,1-4H3/t10-/m0/s1. The zero-order chi connectivity index (χ0) is 15.6. The van der Waals surface area contributed by atoms with Gasteiger partial charge in [0.15, 0.2) is 5.82 Å². The number of likely N-dealkylation sites (N-methyl/N-ethyl adjacent to an activating group) is 1. The first-order valence-electron chi connectivity index (χ1n) is 6.63. The molecule has 118 valence electrons. The highest BCUT2D eigenvalue weighted by molar-refractivity contribution is 7.86. The van der Waals surface area contributed by atoms with Crippen LogP contribution in [0.1, 0.15) is 6.42 Å². The zero-order valence-electron chi connectivity index (χ0n) is 12.7. The minimum Gasteiger partial charge on any atom is -0.478 e. The van der Waals surface area contributed by atoms with Crippen LogP contribution >= 0.6 is 0 Å². The van der Waals surface area contributed by atoms with Crippen LogP contribution in [-0.4, -0.2) is 74.4 Å². The topological polar surface area (TPSA) is 78.9 Å². The number of hydrogen-bond acceptors (Lipinski definition) is 6. The van der Waals surface area contributed by atoms with Crippen LogP contribution in [0.4, 0.5) is 5.82 Å². The Labute approximate surface area is 125 Å². The molecule has 0 spiro atoms. The normalized spacial score (nSPS) is 19.5. The molecular weight excluding hydrogens is 294 g/mol. The number of rotatable bonds is 5. The molecule has 1 aliphatic heterocycles. The van der Waals surface area contributed by atoms with E-state index < -0.39 is 10.2 Å². The molecule has 0 aliphatic carbocycles. The fraction of sp³-hybridized carbons (Fsp3) is 0.667. The number of nitrogens with zero attached hydrogens (tertiary/aromatic N) is 5. The van der Waals surface area contributed by atoms with Gasteiger partial charge in [0.25, 0.3) is 16.1 Å². The fourth-order valence-electron chi connectivity index (χ4n) is 2.36. The summed E-state index contributed by atoms with van der Waals surface area (Å²) < 4.78 is 32.2. The quantitative estimate of drug-likeness (QED) is 0.749. The van der Waals surface area contributed by atoms with Gasteiger partial charge in [0, 0.05) is 52.7 Å². The molecule has 1 aromatic rings. The molecular formula is C12H21N5O3S. The summed E-state index contributed by atoms with van der Waals surface area (Å²) in [6.45, 7) is 1.28. The van der Waals surface area contributed by atoms with E-state index in [1.165, 1.54) is 22.7 Å². The van der Waals surface area contributed by atoms with Crippen molar-refractivity contribution in [2.24, 2.45) is 0 Å². The first-order valence-corrected chi connectivity index (χ1v) is 8.03. The van der Waals surface area contributed by atoms with E-state index in [9.17, 15) is 8.42 Å². The van der Waals surface area contributed by atoms with Gasteiger partial charge in [0.1, 0.15) is 0 Å². The lowest BCUT2D eigenvalue weighted by atomic mass is 10.3. The molecule has 21 heavy (non-hydrogen) atoms. The molecule has 1 saturated heterocycles. The van der Waals surface area contributed by atoms with Crippen molar-refractivity contribution in [1.82, 2.24) is 18.6 Å². The van der Waals surface area contributed by atoms with Crippen LogP contribution < -0.4 is 9.64 Å². The Morgan fingerprint density at radius 2 is 1.95 bits per heavy atom. The summed E-state index contributed by atoms with van der Waals surface area (Å²) in [5.74, 6) is 1.11. The highest BCUT2D eigenvalue weighted by Crippen LogP contribution is 2.28. The average Bonchev–Trinajstić information content (AvgIpc) is 2.95. The van der Waals surface area contributed by atoms with E-state index in [2.05, 4.69) is 9.97 Å². The SMILES string of the molecule is COc1nccnc1N1CC[C@H](N(C)S(=O)(=O)N(C)C)C1. The van der Waals surface area contributed by atoms with Crippen molar-refractivity contribution in [1.29, 1.82) is 0 Å². The van der Waals surface area contributed by atoms with Gasteiger partial charge in [-0.15, -0.1) is 0 Å². The fourth-order valence-corrected chi connectivity index (χ4v) is 3.42. The highest BCUT2D eigenvalue weighted by Gasteiger charge is 2.34. The van der Waals surface area contributed by atoms with Crippen molar-refractivity contribution >= 4 is 16.0 Å². The monoisotopic (exact) mass is 315 g/mol. The van der Waals surface area contributed by atoms with Gasteiger partial charge in [-0.05, 0) is 6.42 Å². The Morgan fingerprint density at radius 1 is 1.29 bits per heavy atom. The minimum atomic E-state index is -3.41. The average molecular weight is 315 g/mol. The summed E-state index contributed by atoms with van der Waals surface area (Å²) in [5.41, 5.74) is 0. The highest BCUT2D eigenvalue weighted by atomic mass is 32.2. The smallest absolute Gasteiger partial charge is 0.281 e. The van der Waals surface area contributed by atoms with E-state index in [-0.39, 0.29) is 6.04 Å². The van der Waals surface area contributed by atoms with Gasteiger partial charge in [0.2, 0.25) is 0 Å². The van der Waals surface area contributed by atoms with Gasteiger partial charge in [-0.2, -0.15) is 17.0 Å². The first kappa shape index (κ1) is 15.9. The summed E-state index contributed by atoms with van der Waals surface area (Å²) in [6, 6.07) is -0.0934. The summed E-state index contributed by atoms with van der Waals surface area (Å²) in [4.78, 5) is 10.4. The molecule has 1 fully saturated rings. The third-order valence-electron chi connectivity index (χ3n) is 3.64. The largest absolute Gasteiger partial charge is 0.478 e. The molecule has 0 radical (unpaired) electrons. The first-order chi connectivity index (χ1) is 9.87. The number of methoxy groups -OCH3 is 1. The van der Waals surface area contributed by atoms with Crippen LogP contribution in [0.5, 0.6) is 5.88 Å². The molecule has 0 amide bonds. The summed E-state index contributed by atoms with van der Waals surface area (Å²) in [7, 11) is 2.81. The summed E-state index contributed by atoms with van der Waals surface area (Å²) >= 11 is 0. The van der Waals surface area contributed by atoms with E-state index in [4.69, 9.17) is 4.74 Å². The predicted octanol–water partition coefficient (Wildman–Crippen LogP) is -0.198. The maximum Gasteiger partial charge on any atom is 0.281 e. The van der Waals surface area contributed by atoms with Crippen molar-refractivity contribution in [3.05, 3.63) is 12.4 Å². The minimum absolute atomic E-state index is 0.0934. The lowest BCUT2D eigenvalue weighted by Crippen LogP contribution is -2.44. The van der Waals surface area contributed by atoms with Crippen LogP contribution in [0, 0.1) is 0 Å². The van der Waals surface area contributed by atoms with Crippen molar-refractivity contribution in [3.8, 4) is 5.88 Å². The van der Waals surface area contributed by atoms with Gasteiger partial charge in [0.05, 0.1) is 7.11 Å². The van der Waals surface area contributed by atoms with Crippen molar-refractivity contribution in [2.75, 3.05) is 46.2 Å². The van der Waals surface area contributed by atoms with Crippen LogP contribution in [0.3, 0.4) is 0 Å². The second-order valence-electron chi connectivity index (χ2n) is 5.08. The van der Waals surface area contributed by atoms with Crippen LogP contribution in [0.2, 0.25) is 0 Å². The van der Waals surface area contributed by atoms with Crippen LogP contribution in [0.15, 0.2) is 12.4 Å². The Hall–Kier alpha value is -1.45. The number of hydrogen-bond donors (Lipinski definition) is 0. The molecule has 1 aliphatic rings. The van der Waals surface area contributed by atoms with E-state index in [1.54, 1.807) is 26.6 Å². The molecule has 0 saturated carbocycles. The maximum absolute atomic E-state index is 12.2. The molecule has 2 rings (SSSR count). The molecule has 0 aromatic carbocycles. The number of ether oxygens (including phenoxy) is 1. The lowest BCUT2D eigenvalue weighted by molar-refractivity contribution is 0.358. The molecule has 1 atom stereocenters. The third kappa shape index (κ3) is 3.09. The predicted molar refractivity (Wildman–Crippen MR) is 79.6 cm³/mol. The Kier molecular flexibility index (Phi) is 4.64. The van der Waals surface area contributed by atoms with Crippen molar-refractivity contribution in [2.45, 2.75) is 12.5 Å². The van der Waals surface area contributed by atoms with Crippen molar-refractivity contribution in [3.63, 3.8) is 0 Å². The second-order valence-corrected chi connectivity index (χ2v) is 7.29. The molecule has 0 unspecified atom stereocenters. The third-order valence-corrected chi connectivity index (χ3v) is 5.59. The maximum atomic E-state index is 12.2. The van der Waals surface area contributed by atoms with Gasteiger partial charge in [-0.25, -0.2) is 9.97 Å². The Bertz CT molecular complexity index is 592. The van der Waals surface area contributed by atoms with Crippen LogP contribution in [0.25, 0.3) is 0 Å². The van der Waals surface area contributed by atoms with Crippen LogP contribution in [-0.2, 0) is 10.2 Å². The van der Waals surface area contributed by atoms with E-state index in [0.29, 0.717) is 24.8 Å². The summed E-state index contributed by atoms with van der Waals surface area (Å²) in [6.07, 6.45) is 3.91. The van der Waals surface area contributed by atoms with E-state index in [0.717, 1.165) is 6.42 Å². The van der Waals surface area contributed by atoms with Gasteiger partial charge in [-0.1, -0.05) is 0 Å². The van der Waals surface area contributed by atoms with Crippen molar-refractivity contribution < 1.29 is 13.2 Å². The second kappa shape index (κ2) is 6.12. The van der Waals surface area contributed by atoms with Gasteiger partial charge >= 0.3 is 0 Å². The van der Waals surface area contributed by atoms with Gasteiger partial charge in [-0.3, -0.25) is 0 Å². The molecule has 0 bridgehead atoms. The number of anilines is 1. The van der Waals surface area contributed by atoms with E-state index in [1.807, 2.05) is 4.90 Å². The lowest BCUT2D eigenvalue weighted by Gasteiger charge is -2.27.